The van der Waals surface area contributed by atoms with Crippen molar-refractivity contribution < 1.29 is 5.11 Å². The fourth-order valence-electron chi connectivity index (χ4n) is 4.12. The molecule has 1 N–H and O–H groups in total. The molecule has 0 aliphatic heterocycles. The molecule has 0 radical (unpaired) electrons. The zero-order valence-electron chi connectivity index (χ0n) is 18.1. The van der Waals surface area contributed by atoms with Crippen LogP contribution in [-0.2, 0) is 12.8 Å². The molecule has 2 heteroatoms. The first-order valence-electron chi connectivity index (χ1n) is 11.2. The monoisotopic (exact) mass is 397 g/mol. The summed E-state index contributed by atoms with van der Waals surface area (Å²) in [5, 5.41) is 11.0. The van der Waals surface area contributed by atoms with Crippen LogP contribution in [0.5, 0.6) is 5.75 Å². The molecule has 0 bridgehead atoms. The quantitative estimate of drug-likeness (QED) is 0.324. The van der Waals surface area contributed by atoms with E-state index in [4.69, 9.17) is 0 Å². The van der Waals surface area contributed by atoms with E-state index in [0.29, 0.717) is 5.75 Å². The second-order valence-electron chi connectivity index (χ2n) is 8.18. The molecule has 0 unspecified atom stereocenters. The molecule has 0 spiro atoms. The molecule has 2 nitrogen and oxygen atoms in total. The summed E-state index contributed by atoms with van der Waals surface area (Å²) in [4.78, 5) is 0. The molecule has 3 aromatic carbocycles. The third kappa shape index (κ3) is 4.28. The molecule has 154 valence electrons. The number of nitrogens with zero attached hydrogens (tertiary/aromatic N) is 1. The Morgan fingerprint density at radius 2 is 1.33 bits per heavy atom. The summed E-state index contributed by atoms with van der Waals surface area (Å²) in [6.07, 6.45) is 7.14. The number of unbranched alkanes of at least 4 members (excludes halogenated alkanes) is 2. The summed E-state index contributed by atoms with van der Waals surface area (Å²) >= 11 is 0. The van der Waals surface area contributed by atoms with Crippen LogP contribution in [0.25, 0.3) is 27.8 Å². The van der Waals surface area contributed by atoms with Gasteiger partial charge in [-0.3, -0.25) is 0 Å². The standard InChI is InChI=1S/C28H31NO/c1-3-5-7-21-9-12-23(13-10-21)28-20-24-19-22(8-6-4-2)11-18-27(24)29(28)25-14-16-26(30)17-15-25/h9-20,30H,3-8H2,1-2H3. The Hall–Kier alpha value is -3.00. The third-order valence-corrected chi connectivity index (χ3v) is 5.86. The Bertz CT molecular complexity index is 1100. The van der Waals surface area contributed by atoms with E-state index in [2.05, 4.69) is 66.9 Å². The fourth-order valence-corrected chi connectivity index (χ4v) is 4.12. The highest BCUT2D eigenvalue weighted by atomic mass is 16.3. The molecular weight excluding hydrogens is 366 g/mol. The van der Waals surface area contributed by atoms with Crippen molar-refractivity contribution in [1.29, 1.82) is 0 Å². The zero-order valence-corrected chi connectivity index (χ0v) is 18.1. The number of hydrogen-bond acceptors (Lipinski definition) is 1. The van der Waals surface area contributed by atoms with E-state index in [-0.39, 0.29) is 0 Å². The molecule has 0 amide bonds. The lowest BCUT2D eigenvalue weighted by atomic mass is 10.0. The molecule has 4 rings (SSSR count). The van der Waals surface area contributed by atoms with Crippen molar-refractivity contribution >= 4 is 10.9 Å². The van der Waals surface area contributed by atoms with Crippen LogP contribution in [0, 0.1) is 0 Å². The van der Waals surface area contributed by atoms with Gasteiger partial charge in [0.25, 0.3) is 0 Å². The van der Waals surface area contributed by atoms with Gasteiger partial charge in [0.05, 0.1) is 11.2 Å². The highest BCUT2D eigenvalue weighted by Gasteiger charge is 2.13. The van der Waals surface area contributed by atoms with Gasteiger partial charge in [0.1, 0.15) is 5.75 Å². The van der Waals surface area contributed by atoms with Crippen molar-refractivity contribution in [3.05, 3.63) is 83.9 Å². The van der Waals surface area contributed by atoms with Gasteiger partial charge in [-0.05, 0) is 84.8 Å². The van der Waals surface area contributed by atoms with Gasteiger partial charge >= 0.3 is 0 Å². The summed E-state index contributed by atoms with van der Waals surface area (Å²) in [5.41, 5.74) is 7.46. The molecule has 4 aromatic rings. The number of hydrogen-bond donors (Lipinski definition) is 1. The predicted octanol–water partition coefficient (Wildman–Crippen LogP) is 7.69. The third-order valence-electron chi connectivity index (χ3n) is 5.86. The molecule has 0 saturated heterocycles. The van der Waals surface area contributed by atoms with E-state index in [9.17, 15) is 5.11 Å². The second-order valence-corrected chi connectivity index (χ2v) is 8.18. The van der Waals surface area contributed by atoms with Crippen LogP contribution in [-0.4, -0.2) is 9.67 Å². The smallest absolute Gasteiger partial charge is 0.115 e. The Labute approximate surface area is 179 Å². The molecule has 0 atom stereocenters. The minimum atomic E-state index is 0.291. The Kier molecular flexibility index (Phi) is 6.23. The molecule has 0 aliphatic rings. The van der Waals surface area contributed by atoms with E-state index >= 15 is 0 Å². The summed E-state index contributed by atoms with van der Waals surface area (Å²) in [5.74, 6) is 0.291. The first-order chi connectivity index (χ1) is 14.7. The lowest BCUT2D eigenvalue weighted by molar-refractivity contribution is 0.475. The SMILES string of the molecule is CCCCc1ccc(-c2cc3cc(CCCC)ccc3n2-c2ccc(O)cc2)cc1. The lowest BCUT2D eigenvalue weighted by Gasteiger charge is -2.12. The lowest BCUT2D eigenvalue weighted by Crippen LogP contribution is -1.97. The van der Waals surface area contributed by atoms with Crippen molar-refractivity contribution in [3.8, 4) is 22.7 Å². The summed E-state index contributed by atoms with van der Waals surface area (Å²) < 4.78 is 2.30. The van der Waals surface area contributed by atoms with Gasteiger partial charge in [-0.1, -0.05) is 57.0 Å². The maximum Gasteiger partial charge on any atom is 0.115 e. The van der Waals surface area contributed by atoms with Crippen LogP contribution in [0.4, 0.5) is 0 Å². The van der Waals surface area contributed by atoms with Gasteiger partial charge < -0.3 is 9.67 Å². The van der Waals surface area contributed by atoms with Gasteiger partial charge in [0.15, 0.2) is 0 Å². The number of rotatable bonds is 8. The second kappa shape index (κ2) is 9.21. The summed E-state index contributed by atoms with van der Waals surface area (Å²) in [6.45, 7) is 4.47. The van der Waals surface area contributed by atoms with Crippen molar-refractivity contribution in [2.75, 3.05) is 0 Å². The predicted molar refractivity (Wildman–Crippen MR) is 128 cm³/mol. The van der Waals surface area contributed by atoms with Crippen LogP contribution >= 0.6 is 0 Å². The minimum absolute atomic E-state index is 0.291. The van der Waals surface area contributed by atoms with Crippen LogP contribution < -0.4 is 0 Å². The number of fused-ring (bicyclic) bond motifs is 1. The topological polar surface area (TPSA) is 25.2 Å². The molecule has 1 heterocycles. The Morgan fingerprint density at radius 3 is 2.00 bits per heavy atom. The first-order valence-corrected chi connectivity index (χ1v) is 11.2. The van der Waals surface area contributed by atoms with Crippen molar-refractivity contribution in [2.45, 2.75) is 52.4 Å². The van der Waals surface area contributed by atoms with Gasteiger partial charge in [-0.2, -0.15) is 0 Å². The fraction of sp³-hybridized carbons (Fsp3) is 0.286. The Morgan fingerprint density at radius 1 is 0.700 bits per heavy atom. The number of phenols is 1. The van der Waals surface area contributed by atoms with Crippen molar-refractivity contribution in [3.63, 3.8) is 0 Å². The normalized spacial score (nSPS) is 11.3. The van der Waals surface area contributed by atoms with Crippen molar-refractivity contribution in [2.24, 2.45) is 0 Å². The molecule has 0 aliphatic carbocycles. The first kappa shape index (κ1) is 20.3. The maximum atomic E-state index is 9.76. The number of phenolic OH excluding ortho intramolecular Hbond substituents is 1. The van der Waals surface area contributed by atoms with Gasteiger partial charge in [-0.15, -0.1) is 0 Å². The summed E-state index contributed by atoms with van der Waals surface area (Å²) in [7, 11) is 0. The summed E-state index contributed by atoms with van der Waals surface area (Å²) in [6, 6.07) is 25.6. The van der Waals surface area contributed by atoms with Crippen LogP contribution in [0.3, 0.4) is 0 Å². The minimum Gasteiger partial charge on any atom is -0.508 e. The highest BCUT2D eigenvalue weighted by molar-refractivity contribution is 5.89. The van der Waals surface area contributed by atoms with E-state index in [1.165, 1.54) is 59.0 Å². The van der Waals surface area contributed by atoms with Gasteiger partial charge in [0, 0.05) is 11.1 Å². The average Bonchev–Trinajstić information content (AvgIpc) is 3.16. The van der Waals surface area contributed by atoms with Crippen molar-refractivity contribution in [1.82, 2.24) is 4.57 Å². The average molecular weight is 398 g/mol. The highest BCUT2D eigenvalue weighted by Crippen LogP contribution is 2.33. The van der Waals surface area contributed by atoms with E-state index < -0.39 is 0 Å². The van der Waals surface area contributed by atoms with Crippen LogP contribution in [0.1, 0.15) is 50.7 Å². The van der Waals surface area contributed by atoms with Crippen LogP contribution in [0.2, 0.25) is 0 Å². The van der Waals surface area contributed by atoms with E-state index in [1.54, 1.807) is 12.1 Å². The molecular formula is C28H31NO. The Balaban J connectivity index is 1.82. The number of aryl methyl sites for hydroxylation is 2. The van der Waals surface area contributed by atoms with Gasteiger partial charge in [0.2, 0.25) is 0 Å². The molecule has 0 fully saturated rings. The van der Waals surface area contributed by atoms with Gasteiger partial charge in [-0.25, -0.2) is 0 Å². The van der Waals surface area contributed by atoms with Crippen LogP contribution in [0.15, 0.2) is 72.8 Å². The molecule has 30 heavy (non-hydrogen) atoms. The van der Waals surface area contributed by atoms with E-state index in [1.807, 2.05) is 12.1 Å². The maximum absolute atomic E-state index is 9.76. The number of aromatic hydroxyl groups is 1. The molecule has 0 saturated carbocycles. The number of benzene rings is 3. The zero-order chi connectivity index (χ0) is 20.9. The molecule has 1 aromatic heterocycles. The number of aromatic nitrogens is 1. The van der Waals surface area contributed by atoms with E-state index in [0.717, 1.165) is 18.5 Å². The largest absolute Gasteiger partial charge is 0.508 e.